The van der Waals surface area contributed by atoms with Crippen molar-refractivity contribution in [3.8, 4) is 0 Å². The molecule has 1 atom stereocenters. The van der Waals surface area contributed by atoms with E-state index in [2.05, 4.69) is 4.84 Å². The maximum Gasteiger partial charge on any atom is 0.411 e. The van der Waals surface area contributed by atoms with Gasteiger partial charge in [0.25, 0.3) is 0 Å². The highest BCUT2D eigenvalue weighted by molar-refractivity contribution is 5.81. The van der Waals surface area contributed by atoms with Crippen LogP contribution < -0.4 is 5.90 Å². The van der Waals surface area contributed by atoms with Crippen molar-refractivity contribution in [3.63, 3.8) is 0 Å². The predicted molar refractivity (Wildman–Crippen MR) is 57.8 cm³/mol. The quantitative estimate of drug-likeness (QED) is 0.657. The van der Waals surface area contributed by atoms with Gasteiger partial charge in [-0.3, -0.25) is 4.90 Å². The number of morpholine rings is 1. The van der Waals surface area contributed by atoms with E-state index in [4.69, 9.17) is 15.4 Å². The topological polar surface area (TPSA) is 91.1 Å². The number of nitrogens with zero attached hydrogens (tertiary/aromatic N) is 1. The molecule has 0 aliphatic carbocycles. The Labute approximate surface area is 99.7 Å². The molecule has 2 N–H and O–H groups in total. The molecule has 0 saturated carbocycles. The Morgan fingerprint density at radius 2 is 2.06 bits per heavy atom. The lowest BCUT2D eigenvalue weighted by atomic mass is 10.2. The fourth-order valence-electron chi connectivity index (χ4n) is 1.42. The Morgan fingerprint density at radius 1 is 1.41 bits per heavy atom. The number of hydrogen-bond donors (Lipinski definition) is 1. The third-order valence-corrected chi connectivity index (χ3v) is 2.14. The van der Waals surface area contributed by atoms with Crippen molar-refractivity contribution in [2.24, 2.45) is 5.90 Å². The average Bonchev–Trinajstić information content (AvgIpc) is 2.25. The lowest BCUT2D eigenvalue weighted by molar-refractivity contribution is -0.156. The highest BCUT2D eigenvalue weighted by Gasteiger charge is 2.36. The van der Waals surface area contributed by atoms with Crippen LogP contribution in [0.25, 0.3) is 0 Å². The van der Waals surface area contributed by atoms with E-state index >= 15 is 0 Å². The van der Waals surface area contributed by atoms with Gasteiger partial charge in [0.2, 0.25) is 0 Å². The molecule has 0 aromatic heterocycles. The molecule has 0 aromatic rings. The first kappa shape index (κ1) is 13.7. The molecule has 0 bridgehead atoms. The van der Waals surface area contributed by atoms with Gasteiger partial charge in [0.05, 0.1) is 13.2 Å². The Bertz CT molecular complexity index is 300. The molecule has 1 aliphatic heterocycles. The normalized spacial score (nSPS) is 20.9. The SMILES string of the molecule is CC(C)(C)OC(=O)N1CCOCC1C(=O)ON. The summed E-state index contributed by atoms with van der Waals surface area (Å²) < 4.78 is 10.3. The van der Waals surface area contributed by atoms with E-state index in [1.54, 1.807) is 20.8 Å². The molecule has 1 aliphatic rings. The van der Waals surface area contributed by atoms with Gasteiger partial charge in [-0.15, -0.1) is 0 Å². The van der Waals surface area contributed by atoms with Crippen LogP contribution in [0.4, 0.5) is 4.79 Å². The predicted octanol–water partition coefficient (Wildman–Crippen LogP) is 0.0392. The van der Waals surface area contributed by atoms with E-state index in [-0.39, 0.29) is 13.2 Å². The Hall–Kier alpha value is -1.34. The average molecular weight is 246 g/mol. The minimum absolute atomic E-state index is 0.0648. The maximum absolute atomic E-state index is 11.8. The van der Waals surface area contributed by atoms with Gasteiger partial charge in [0, 0.05) is 6.54 Å². The van der Waals surface area contributed by atoms with Gasteiger partial charge in [-0.1, -0.05) is 0 Å². The van der Waals surface area contributed by atoms with E-state index in [1.165, 1.54) is 4.90 Å². The number of nitrogens with two attached hydrogens (primary N) is 1. The van der Waals surface area contributed by atoms with Crippen LogP contribution in [0.1, 0.15) is 20.8 Å². The monoisotopic (exact) mass is 246 g/mol. The molecule has 1 saturated heterocycles. The van der Waals surface area contributed by atoms with Crippen molar-refractivity contribution in [3.05, 3.63) is 0 Å². The summed E-state index contributed by atoms with van der Waals surface area (Å²) in [7, 11) is 0. The first-order valence-corrected chi connectivity index (χ1v) is 5.33. The number of carbonyl (C=O) groups excluding carboxylic acids is 2. The third-order valence-electron chi connectivity index (χ3n) is 2.14. The van der Waals surface area contributed by atoms with Crippen LogP contribution in [0.5, 0.6) is 0 Å². The number of rotatable bonds is 1. The molecule has 1 heterocycles. The number of amides is 1. The van der Waals surface area contributed by atoms with Crippen molar-refractivity contribution in [1.29, 1.82) is 0 Å². The van der Waals surface area contributed by atoms with E-state index in [0.29, 0.717) is 6.61 Å². The fourth-order valence-corrected chi connectivity index (χ4v) is 1.42. The van der Waals surface area contributed by atoms with Crippen molar-refractivity contribution in [2.45, 2.75) is 32.4 Å². The van der Waals surface area contributed by atoms with Crippen LogP contribution in [-0.4, -0.2) is 48.4 Å². The second kappa shape index (κ2) is 5.33. The van der Waals surface area contributed by atoms with E-state index in [0.717, 1.165) is 0 Å². The molecule has 17 heavy (non-hydrogen) atoms. The van der Waals surface area contributed by atoms with Crippen LogP contribution in [0.15, 0.2) is 0 Å². The molecule has 1 rings (SSSR count). The zero-order valence-corrected chi connectivity index (χ0v) is 10.3. The Kier molecular flexibility index (Phi) is 4.30. The van der Waals surface area contributed by atoms with Crippen LogP contribution in [0.3, 0.4) is 0 Å². The first-order valence-electron chi connectivity index (χ1n) is 5.33. The van der Waals surface area contributed by atoms with Gasteiger partial charge < -0.3 is 14.3 Å². The molecule has 98 valence electrons. The molecule has 1 unspecified atom stereocenters. The molecule has 0 aromatic carbocycles. The van der Waals surface area contributed by atoms with Gasteiger partial charge >= 0.3 is 12.1 Å². The van der Waals surface area contributed by atoms with Crippen LogP contribution in [0.2, 0.25) is 0 Å². The van der Waals surface area contributed by atoms with Crippen LogP contribution in [-0.2, 0) is 19.1 Å². The van der Waals surface area contributed by atoms with E-state index in [9.17, 15) is 9.59 Å². The number of ether oxygens (including phenoxy) is 2. The minimum Gasteiger partial charge on any atom is -0.444 e. The standard InChI is InChI=1S/C10H18N2O5/c1-10(2,3)16-9(14)12-4-5-15-6-7(12)8(13)17-11/h7H,4-6,11H2,1-3H3. The summed E-state index contributed by atoms with van der Waals surface area (Å²) in [5.41, 5.74) is -0.618. The largest absolute Gasteiger partial charge is 0.444 e. The molecule has 1 fully saturated rings. The van der Waals surface area contributed by atoms with Gasteiger partial charge in [0.1, 0.15) is 5.60 Å². The summed E-state index contributed by atoms with van der Waals surface area (Å²) >= 11 is 0. The molecule has 7 heteroatoms. The Morgan fingerprint density at radius 3 is 2.59 bits per heavy atom. The fraction of sp³-hybridized carbons (Fsp3) is 0.800. The zero-order valence-electron chi connectivity index (χ0n) is 10.3. The van der Waals surface area contributed by atoms with Crippen molar-refractivity contribution in [2.75, 3.05) is 19.8 Å². The summed E-state index contributed by atoms with van der Waals surface area (Å²) in [6.07, 6.45) is -0.573. The van der Waals surface area contributed by atoms with Crippen LogP contribution >= 0.6 is 0 Å². The molecule has 0 radical (unpaired) electrons. The highest BCUT2D eigenvalue weighted by Crippen LogP contribution is 2.15. The zero-order chi connectivity index (χ0) is 13.1. The van der Waals surface area contributed by atoms with Crippen molar-refractivity contribution >= 4 is 12.1 Å². The van der Waals surface area contributed by atoms with Gasteiger partial charge in [0.15, 0.2) is 6.04 Å². The van der Waals surface area contributed by atoms with Crippen LogP contribution in [0, 0.1) is 0 Å². The summed E-state index contributed by atoms with van der Waals surface area (Å²) in [6, 6.07) is -0.844. The second-order valence-electron chi connectivity index (χ2n) is 4.70. The molecule has 7 nitrogen and oxygen atoms in total. The summed E-state index contributed by atoms with van der Waals surface area (Å²) in [6.45, 7) is 5.95. The Balaban J connectivity index is 2.71. The minimum atomic E-state index is -0.844. The van der Waals surface area contributed by atoms with Gasteiger partial charge in [-0.2, -0.15) is 5.90 Å². The molecule has 0 spiro atoms. The van der Waals surface area contributed by atoms with Crippen molar-refractivity contribution < 1.29 is 23.9 Å². The first-order chi connectivity index (χ1) is 7.85. The molecular weight excluding hydrogens is 228 g/mol. The molecular formula is C10H18N2O5. The lowest BCUT2D eigenvalue weighted by Crippen LogP contribution is -2.54. The molecule has 1 amide bonds. The highest BCUT2D eigenvalue weighted by atomic mass is 16.7. The van der Waals surface area contributed by atoms with Gasteiger partial charge in [-0.05, 0) is 20.8 Å². The summed E-state index contributed by atoms with van der Waals surface area (Å²) in [5.74, 6) is 4.10. The summed E-state index contributed by atoms with van der Waals surface area (Å²) in [5, 5.41) is 0. The van der Waals surface area contributed by atoms with E-state index in [1.807, 2.05) is 0 Å². The maximum atomic E-state index is 11.8. The third kappa shape index (κ3) is 3.86. The summed E-state index contributed by atoms with van der Waals surface area (Å²) in [4.78, 5) is 28.6. The number of hydrogen-bond acceptors (Lipinski definition) is 6. The number of carbonyl (C=O) groups is 2. The lowest BCUT2D eigenvalue weighted by Gasteiger charge is -2.34. The van der Waals surface area contributed by atoms with E-state index < -0.39 is 23.7 Å². The van der Waals surface area contributed by atoms with Gasteiger partial charge in [-0.25, -0.2) is 9.59 Å². The smallest absolute Gasteiger partial charge is 0.411 e. The second-order valence-corrected chi connectivity index (χ2v) is 4.70. The van der Waals surface area contributed by atoms with Crippen molar-refractivity contribution in [1.82, 2.24) is 4.90 Å².